The highest BCUT2D eigenvalue weighted by Gasteiger charge is 2.15. The van der Waals surface area contributed by atoms with Crippen LogP contribution in [0.5, 0.6) is 0 Å². The van der Waals surface area contributed by atoms with Gasteiger partial charge in [0.25, 0.3) is 0 Å². The Balaban J connectivity index is 2.04. The Kier molecular flexibility index (Phi) is 9.19. The van der Waals surface area contributed by atoms with E-state index < -0.39 is 11.7 Å². The van der Waals surface area contributed by atoms with Crippen molar-refractivity contribution in [3.63, 3.8) is 0 Å². The summed E-state index contributed by atoms with van der Waals surface area (Å²) in [5.74, 6) is -0.535. The molecule has 0 atom stereocenters. The number of carbonyl (C=O) groups is 3. The second-order valence-electron chi connectivity index (χ2n) is 6.78. The van der Waals surface area contributed by atoms with Crippen molar-refractivity contribution in [1.29, 1.82) is 0 Å². The molecule has 1 aromatic rings. The summed E-state index contributed by atoms with van der Waals surface area (Å²) >= 11 is 0. The molecule has 0 aromatic heterocycles. The number of amides is 2. The summed E-state index contributed by atoms with van der Waals surface area (Å²) < 4.78 is 10.2. The van der Waals surface area contributed by atoms with Crippen LogP contribution < -0.4 is 10.6 Å². The van der Waals surface area contributed by atoms with Crippen molar-refractivity contribution in [2.75, 3.05) is 13.1 Å². The molecule has 1 rings (SSSR count). The van der Waals surface area contributed by atoms with Gasteiger partial charge in [0.1, 0.15) is 12.2 Å². The van der Waals surface area contributed by atoms with Crippen LogP contribution in [0.15, 0.2) is 30.3 Å². The molecule has 0 aliphatic heterocycles. The van der Waals surface area contributed by atoms with Crippen LogP contribution in [0.3, 0.4) is 0 Å². The predicted octanol–water partition coefficient (Wildman–Crippen LogP) is 2.54. The summed E-state index contributed by atoms with van der Waals surface area (Å²) in [5, 5.41) is 5.24. The van der Waals surface area contributed by atoms with E-state index in [4.69, 9.17) is 9.47 Å². The molecule has 0 heterocycles. The first-order valence-corrected chi connectivity index (χ1v) is 8.69. The molecule has 0 aliphatic rings. The third kappa shape index (κ3) is 11.1. The Morgan fingerprint density at radius 1 is 0.962 bits per heavy atom. The molecule has 2 amide bonds. The molecule has 26 heavy (non-hydrogen) atoms. The van der Waals surface area contributed by atoms with E-state index >= 15 is 0 Å². The molecule has 0 saturated carbocycles. The van der Waals surface area contributed by atoms with Gasteiger partial charge in [-0.25, -0.2) is 4.79 Å². The molecule has 7 heteroatoms. The molecule has 0 spiro atoms. The standard InChI is InChI=1S/C19H28N2O5/c1-19(2,3)26-18(24)21-12-7-10-16(22)20-13-11-17(23)25-14-15-8-5-4-6-9-15/h4-6,8-9H,7,10-14H2,1-3H3,(H,20,22)(H,21,24). The van der Waals surface area contributed by atoms with Gasteiger partial charge in [0.15, 0.2) is 0 Å². The molecular formula is C19H28N2O5. The van der Waals surface area contributed by atoms with Gasteiger partial charge in [-0.3, -0.25) is 9.59 Å². The highest BCUT2D eigenvalue weighted by molar-refractivity contribution is 5.77. The van der Waals surface area contributed by atoms with Gasteiger partial charge in [0, 0.05) is 19.5 Å². The molecule has 0 unspecified atom stereocenters. The van der Waals surface area contributed by atoms with Gasteiger partial charge in [0.05, 0.1) is 6.42 Å². The molecule has 144 valence electrons. The van der Waals surface area contributed by atoms with Crippen LogP contribution in [0.2, 0.25) is 0 Å². The number of carbonyl (C=O) groups excluding carboxylic acids is 3. The third-order valence-corrected chi connectivity index (χ3v) is 3.14. The predicted molar refractivity (Wildman–Crippen MR) is 97.3 cm³/mol. The van der Waals surface area contributed by atoms with Crippen LogP contribution in [0.25, 0.3) is 0 Å². The largest absolute Gasteiger partial charge is 0.461 e. The van der Waals surface area contributed by atoms with Gasteiger partial charge in [-0.1, -0.05) is 30.3 Å². The number of hydrogen-bond donors (Lipinski definition) is 2. The van der Waals surface area contributed by atoms with Crippen molar-refractivity contribution in [3.8, 4) is 0 Å². The van der Waals surface area contributed by atoms with Crippen molar-refractivity contribution < 1.29 is 23.9 Å². The van der Waals surface area contributed by atoms with E-state index in [-0.39, 0.29) is 37.9 Å². The fourth-order valence-corrected chi connectivity index (χ4v) is 1.96. The number of alkyl carbamates (subject to hydrolysis) is 1. The van der Waals surface area contributed by atoms with Crippen molar-refractivity contribution in [2.45, 2.75) is 52.2 Å². The Bertz CT molecular complexity index is 581. The summed E-state index contributed by atoms with van der Waals surface area (Å²) in [5.41, 5.74) is 0.374. The fraction of sp³-hybridized carbons (Fsp3) is 0.526. The molecule has 0 fully saturated rings. The third-order valence-electron chi connectivity index (χ3n) is 3.14. The van der Waals surface area contributed by atoms with E-state index in [0.29, 0.717) is 13.0 Å². The molecule has 0 aliphatic carbocycles. The first-order chi connectivity index (χ1) is 12.3. The normalized spacial score (nSPS) is 10.7. The molecule has 0 saturated heterocycles. The summed E-state index contributed by atoms with van der Waals surface area (Å²) in [4.78, 5) is 34.7. The van der Waals surface area contributed by atoms with E-state index in [1.165, 1.54) is 0 Å². The van der Waals surface area contributed by atoms with E-state index in [9.17, 15) is 14.4 Å². The van der Waals surface area contributed by atoms with Crippen LogP contribution in [-0.2, 0) is 25.7 Å². The summed E-state index contributed by atoms with van der Waals surface area (Å²) in [7, 11) is 0. The highest BCUT2D eigenvalue weighted by atomic mass is 16.6. The fourth-order valence-electron chi connectivity index (χ4n) is 1.96. The first kappa shape index (κ1) is 21.5. The van der Waals surface area contributed by atoms with E-state index in [1.807, 2.05) is 30.3 Å². The lowest BCUT2D eigenvalue weighted by Gasteiger charge is -2.19. The van der Waals surface area contributed by atoms with Gasteiger partial charge < -0.3 is 20.1 Å². The minimum Gasteiger partial charge on any atom is -0.461 e. The molecule has 2 N–H and O–H groups in total. The smallest absolute Gasteiger partial charge is 0.407 e. The summed E-state index contributed by atoms with van der Waals surface area (Å²) in [6, 6.07) is 9.40. The van der Waals surface area contributed by atoms with E-state index in [0.717, 1.165) is 5.56 Å². The number of benzene rings is 1. The van der Waals surface area contributed by atoms with Crippen molar-refractivity contribution in [3.05, 3.63) is 35.9 Å². The van der Waals surface area contributed by atoms with Crippen molar-refractivity contribution >= 4 is 18.0 Å². The molecule has 1 aromatic carbocycles. The zero-order valence-corrected chi connectivity index (χ0v) is 15.7. The Morgan fingerprint density at radius 2 is 1.65 bits per heavy atom. The summed E-state index contributed by atoms with van der Waals surface area (Å²) in [6.45, 7) is 6.15. The zero-order valence-electron chi connectivity index (χ0n) is 15.7. The van der Waals surface area contributed by atoms with Gasteiger partial charge >= 0.3 is 12.1 Å². The summed E-state index contributed by atoms with van der Waals surface area (Å²) in [6.07, 6.45) is 0.367. The number of rotatable bonds is 9. The lowest BCUT2D eigenvalue weighted by molar-refractivity contribution is -0.144. The molecule has 0 radical (unpaired) electrons. The monoisotopic (exact) mass is 364 g/mol. The Labute approximate surface area is 154 Å². The van der Waals surface area contributed by atoms with E-state index in [2.05, 4.69) is 10.6 Å². The maximum atomic E-state index is 11.7. The second kappa shape index (κ2) is 11.1. The van der Waals surface area contributed by atoms with Gasteiger partial charge in [0.2, 0.25) is 5.91 Å². The van der Waals surface area contributed by atoms with Crippen molar-refractivity contribution in [1.82, 2.24) is 10.6 Å². The van der Waals surface area contributed by atoms with Crippen LogP contribution >= 0.6 is 0 Å². The maximum absolute atomic E-state index is 11.7. The SMILES string of the molecule is CC(C)(C)OC(=O)NCCCC(=O)NCCC(=O)OCc1ccccc1. The molecule has 0 bridgehead atoms. The molecular weight excluding hydrogens is 336 g/mol. The lowest BCUT2D eigenvalue weighted by Crippen LogP contribution is -2.33. The zero-order chi connectivity index (χ0) is 19.4. The van der Waals surface area contributed by atoms with Crippen LogP contribution in [0, 0.1) is 0 Å². The Morgan fingerprint density at radius 3 is 2.31 bits per heavy atom. The van der Waals surface area contributed by atoms with Crippen molar-refractivity contribution in [2.24, 2.45) is 0 Å². The van der Waals surface area contributed by atoms with Crippen LogP contribution in [0.4, 0.5) is 4.79 Å². The van der Waals surface area contributed by atoms with Crippen LogP contribution in [0.1, 0.15) is 45.6 Å². The quantitative estimate of drug-likeness (QED) is 0.519. The minimum absolute atomic E-state index is 0.120. The lowest BCUT2D eigenvalue weighted by atomic mass is 10.2. The maximum Gasteiger partial charge on any atom is 0.407 e. The van der Waals surface area contributed by atoms with Gasteiger partial charge in [-0.2, -0.15) is 0 Å². The average molecular weight is 364 g/mol. The second-order valence-corrected chi connectivity index (χ2v) is 6.78. The number of ether oxygens (including phenoxy) is 2. The molecule has 7 nitrogen and oxygen atoms in total. The topological polar surface area (TPSA) is 93.7 Å². The average Bonchev–Trinajstić information content (AvgIpc) is 2.56. The number of nitrogens with one attached hydrogen (secondary N) is 2. The highest BCUT2D eigenvalue weighted by Crippen LogP contribution is 2.06. The van der Waals surface area contributed by atoms with Crippen LogP contribution in [-0.4, -0.2) is 36.7 Å². The van der Waals surface area contributed by atoms with Gasteiger partial charge in [-0.15, -0.1) is 0 Å². The number of hydrogen-bond acceptors (Lipinski definition) is 5. The van der Waals surface area contributed by atoms with Gasteiger partial charge in [-0.05, 0) is 32.8 Å². The van der Waals surface area contributed by atoms with E-state index in [1.54, 1.807) is 20.8 Å². The minimum atomic E-state index is -0.545. The first-order valence-electron chi connectivity index (χ1n) is 8.69. The number of esters is 1. The Hall–Kier alpha value is -2.57.